The molecule has 0 spiro atoms. The Balaban J connectivity index is 1.97. The molecule has 1 aromatic heterocycles. The maximum Gasteiger partial charge on any atom is 0.284 e. The Labute approximate surface area is 196 Å². The van der Waals surface area contributed by atoms with Crippen molar-refractivity contribution in [2.24, 2.45) is 0 Å². The fourth-order valence-electron chi connectivity index (χ4n) is 5.30. The largest absolute Gasteiger partial charge is 0.493 e. The number of hydrogen-bond acceptors (Lipinski definition) is 3. The van der Waals surface area contributed by atoms with Gasteiger partial charge in [-0.25, -0.2) is 4.57 Å². The van der Waals surface area contributed by atoms with E-state index in [-0.39, 0.29) is 0 Å². The number of nitrogens with zero attached hydrogens (tertiary/aromatic N) is 2. The van der Waals surface area contributed by atoms with Crippen molar-refractivity contribution in [3.8, 4) is 33.9 Å². The number of anilines is 1. The van der Waals surface area contributed by atoms with E-state index in [1.54, 1.807) is 14.2 Å². The molecule has 1 aliphatic rings. The lowest BCUT2D eigenvalue weighted by Crippen LogP contribution is -2.45. The van der Waals surface area contributed by atoms with Gasteiger partial charge in [-0.3, -0.25) is 4.90 Å². The Bertz CT molecular complexity index is 1370. The lowest BCUT2D eigenvalue weighted by Gasteiger charge is -2.26. The summed E-state index contributed by atoms with van der Waals surface area (Å²) < 4.78 is 14.2. The molecule has 2 heterocycles. The van der Waals surface area contributed by atoms with Crippen LogP contribution < -0.4 is 18.9 Å². The summed E-state index contributed by atoms with van der Waals surface area (Å²) in [6.45, 7) is 5.40. The number of methoxy groups -OCH3 is 2. The van der Waals surface area contributed by atoms with Gasteiger partial charge in [0.25, 0.3) is 5.82 Å². The number of pyridine rings is 1. The molecule has 4 nitrogen and oxygen atoms in total. The average molecular weight is 440 g/mol. The van der Waals surface area contributed by atoms with Crippen LogP contribution in [0, 0.1) is 13.8 Å². The topological polar surface area (TPSA) is 25.6 Å². The van der Waals surface area contributed by atoms with Gasteiger partial charge in [0.05, 0.1) is 40.2 Å². The first-order valence-electron chi connectivity index (χ1n) is 11.4. The lowest BCUT2D eigenvalue weighted by molar-refractivity contribution is -0.674. The van der Waals surface area contributed by atoms with Crippen molar-refractivity contribution in [2.45, 2.75) is 26.8 Å². The summed E-state index contributed by atoms with van der Waals surface area (Å²) in [6, 6.07) is 19.5. The molecule has 0 saturated carbocycles. The van der Waals surface area contributed by atoms with Crippen LogP contribution in [0.3, 0.4) is 0 Å². The smallest absolute Gasteiger partial charge is 0.284 e. The Kier molecular flexibility index (Phi) is 5.24. The van der Waals surface area contributed by atoms with Crippen LogP contribution in [0.5, 0.6) is 11.5 Å². The van der Waals surface area contributed by atoms with Crippen LogP contribution >= 0.6 is 0 Å². The number of rotatable bonds is 4. The van der Waals surface area contributed by atoms with E-state index in [2.05, 4.69) is 85.9 Å². The first-order valence-corrected chi connectivity index (χ1v) is 11.4. The van der Waals surface area contributed by atoms with E-state index in [0.29, 0.717) is 0 Å². The molecule has 5 rings (SSSR count). The predicted octanol–water partition coefficient (Wildman–Crippen LogP) is 5.72. The van der Waals surface area contributed by atoms with Crippen LogP contribution in [0.15, 0.2) is 54.6 Å². The molecule has 0 saturated heterocycles. The molecule has 3 aromatic carbocycles. The minimum absolute atomic E-state index is 0.746. The molecule has 0 radical (unpaired) electrons. The van der Waals surface area contributed by atoms with Crippen molar-refractivity contribution in [3.05, 3.63) is 71.3 Å². The highest BCUT2D eigenvalue weighted by molar-refractivity contribution is 6.06. The number of aryl methyl sites for hydroxylation is 1. The van der Waals surface area contributed by atoms with Crippen molar-refractivity contribution in [2.75, 3.05) is 33.2 Å². The normalized spacial score (nSPS) is 12.3. The number of hydrogen-bond donors (Lipinski definition) is 0. The third kappa shape index (κ3) is 3.24. The molecule has 0 unspecified atom stereocenters. The van der Waals surface area contributed by atoms with Crippen LogP contribution in [-0.2, 0) is 13.0 Å². The van der Waals surface area contributed by atoms with Crippen molar-refractivity contribution < 1.29 is 14.0 Å². The molecule has 4 aromatic rings. The van der Waals surface area contributed by atoms with Crippen LogP contribution in [0.25, 0.3) is 33.2 Å². The van der Waals surface area contributed by atoms with Gasteiger partial charge in [0.15, 0.2) is 11.5 Å². The Hall–Kier alpha value is -3.53. The van der Waals surface area contributed by atoms with E-state index in [4.69, 9.17) is 9.47 Å². The number of fused-ring (bicyclic) bond motifs is 4. The van der Waals surface area contributed by atoms with Gasteiger partial charge in [0, 0.05) is 29.0 Å². The molecule has 0 N–H and O–H groups in total. The van der Waals surface area contributed by atoms with E-state index in [1.807, 2.05) is 6.07 Å². The summed E-state index contributed by atoms with van der Waals surface area (Å²) in [6.07, 6.45) is 1.03. The lowest BCUT2D eigenvalue weighted by atomic mass is 9.88. The van der Waals surface area contributed by atoms with Crippen molar-refractivity contribution in [1.29, 1.82) is 0 Å². The summed E-state index contributed by atoms with van der Waals surface area (Å²) in [4.78, 5) is 2.22. The van der Waals surface area contributed by atoms with Gasteiger partial charge < -0.3 is 9.47 Å². The zero-order chi connectivity index (χ0) is 23.3. The van der Waals surface area contributed by atoms with Crippen molar-refractivity contribution >= 4 is 16.6 Å². The first-order chi connectivity index (χ1) is 16.0. The Morgan fingerprint density at radius 1 is 0.879 bits per heavy atom. The third-order valence-corrected chi connectivity index (χ3v) is 6.99. The highest BCUT2D eigenvalue weighted by Crippen LogP contribution is 2.47. The van der Waals surface area contributed by atoms with Crippen molar-refractivity contribution in [3.63, 3.8) is 0 Å². The molecule has 0 aliphatic carbocycles. The maximum absolute atomic E-state index is 5.93. The molecule has 1 aliphatic heterocycles. The van der Waals surface area contributed by atoms with E-state index >= 15 is 0 Å². The maximum atomic E-state index is 5.93. The zero-order valence-corrected chi connectivity index (χ0v) is 20.3. The van der Waals surface area contributed by atoms with E-state index in [0.717, 1.165) is 41.0 Å². The van der Waals surface area contributed by atoms with Crippen LogP contribution in [0.2, 0.25) is 0 Å². The highest BCUT2D eigenvalue weighted by atomic mass is 16.5. The zero-order valence-electron chi connectivity index (χ0n) is 20.3. The third-order valence-electron chi connectivity index (χ3n) is 6.99. The minimum Gasteiger partial charge on any atom is -0.493 e. The molecular formula is C29H31N2O2+. The van der Waals surface area contributed by atoms with E-state index < -0.39 is 0 Å². The molecule has 0 atom stereocenters. The van der Waals surface area contributed by atoms with Crippen LogP contribution in [-0.4, -0.2) is 28.3 Å². The summed E-state index contributed by atoms with van der Waals surface area (Å²) in [7, 11) is 7.67. The molecular weight excluding hydrogens is 408 g/mol. The molecule has 0 amide bonds. The van der Waals surface area contributed by atoms with Gasteiger partial charge in [-0.1, -0.05) is 42.5 Å². The standard InChI is InChI=1S/C29H31N2O2/c1-18-12-13-22-21(19(18)2)14-15-31-25(22)16-23-24(29(31)30(3)4)17-26(32-5)28(33-6)27(23)20-10-8-7-9-11-20/h7-13,16-17H,14-15H2,1-6H3/q+1. The Morgan fingerprint density at radius 3 is 2.30 bits per heavy atom. The van der Waals surface area contributed by atoms with E-state index in [9.17, 15) is 0 Å². The van der Waals surface area contributed by atoms with Gasteiger partial charge in [-0.05, 0) is 42.2 Å². The molecule has 0 bridgehead atoms. The van der Waals surface area contributed by atoms with Gasteiger partial charge in [-0.15, -0.1) is 0 Å². The summed E-state index contributed by atoms with van der Waals surface area (Å²) in [5.41, 5.74) is 8.97. The summed E-state index contributed by atoms with van der Waals surface area (Å²) in [5.74, 6) is 2.70. The quantitative estimate of drug-likeness (QED) is 0.381. The minimum atomic E-state index is 0.746. The second-order valence-electron chi connectivity index (χ2n) is 9.00. The second kappa shape index (κ2) is 8.11. The van der Waals surface area contributed by atoms with Crippen LogP contribution in [0.1, 0.15) is 16.7 Å². The van der Waals surface area contributed by atoms with Crippen LogP contribution in [0.4, 0.5) is 5.82 Å². The van der Waals surface area contributed by atoms with Gasteiger partial charge in [0.2, 0.25) is 0 Å². The first kappa shape index (κ1) is 21.3. The molecule has 4 heteroatoms. The van der Waals surface area contributed by atoms with Crippen molar-refractivity contribution in [1.82, 2.24) is 0 Å². The summed E-state index contributed by atoms with van der Waals surface area (Å²) in [5, 5.41) is 2.33. The Morgan fingerprint density at radius 2 is 1.64 bits per heavy atom. The fraction of sp³-hybridized carbons (Fsp3) is 0.276. The average Bonchev–Trinajstić information content (AvgIpc) is 2.83. The van der Waals surface area contributed by atoms with Gasteiger partial charge in [-0.2, -0.15) is 0 Å². The number of aromatic nitrogens is 1. The molecule has 168 valence electrons. The fourth-order valence-corrected chi connectivity index (χ4v) is 5.30. The van der Waals surface area contributed by atoms with Gasteiger partial charge >= 0.3 is 0 Å². The highest BCUT2D eigenvalue weighted by Gasteiger charge is 2.31. The van der Waals surface area contributed by atoms with Gasteiger partial charge in [0.1, 0.15) is 5.69 Å². The second-order valence-corrected chi connectivity index (χ2v) is 9.00. The monoisotopic (exact) mass is 439 g/mol. The number of ether oxygens (including phenoxy) is 2. The number of benzene rings is 3. The molecule has 0 fully saturated rings. The predicted molar refractivity (Wildman–Crippen MR) is 136 cm³/mol. The van der Waals surface area contributed by atoms with E-state index in [1.165, 1.54) is 39.2 Å². The summed E-state index contributed by atoms with van der Waals surface area (Å²) >= 11 is 0. The SMILES string of the molecule is COc1cc2c(N(C)C)[n+]3c(cc2c(-c2ccccc2)c1OC)-c1ccc(C)c(C)c1CC3. The molecule has 33 heavy (non-hydrogen) atoms.